The Morgan fingerprint density at radius 1 is 1.38 bits per heavy atom. The molecular weight excluding hydrogens is 226 g/mol. The smallest absolute Gasteiger partial charge is 0.0481 e. The first-order valence-corrected chi connectivity index (χ1v) is 5.12. The fraction of sp³-hybridized carbons (Fsp3) is 0.200. The van der Waals surface area contributed by atoms with Gasteiger partial charge in [-0.2, -0.15) is 0 Å². The summed E-state index contributed by atoms with van der Waals surface area (Å²) in [5.41, 5.74) is 1.98. The molecular formula is C10H9Cl3. The van der Waals surface area contributed by atoms with E-state index in [2.05, 4.69) is 0 Å². The van der Waals surface area contributed by atoms with Gasteiger partial charge in [-0.25, -0.2) is 0 Å². The third-order valence-corrected chi connectivity index (χ3v) is 2.46. The summed E-state index contributed by atoms with van der Waals surface area (Å²) in [5.74, 6) is 0.481. The zero-order chi connectivity index (χ0) is 9.84. The summed E-state index contributed by atoms with van der Waals surface area (Å²) in [6, 6.07) is 5.38. The van der Waals surface area contributed by atoms with Crippen LogP contribution in [0, 0.1) is 0 Å². The molecule has 0 heterocycles. The highest BCUT2D eigenvalue weighted by atomic mass is 35.5. The van der Waals surface area contributed by atoms with Crippen LogP contribution < -0.4 is 0 Å². The number of hydrogen-bond acceptors (Lipinski definition) is 0. The summed E-state index contributed by atoms with van der Waals surface area (Å²) in [6.45, 7) is 1.96. The van der Waals surface area contributed by atoms with Crippen LogP contribution in [0.4, 0.5) is 0 Å². The summed E-state index contributed by atoms with van der Waals surface area (Å²) in [5, 5.41) is 1.38. The molecule has 0 aliphatic heterocycles. The van der Waals surface area contributed by atoms with Crippen LogP contribution in [0.2, 0.25) is 10.0 Å². The molecule has 0 aliphatic rings. The van der Waals surface area contributed by atoms with Crippen molar-refractivity contribution in [3.05, 3.63) is 39.9 Å². The first kappa shape index (κ1) is 10.9. The Morgan fingerprint density at radius 3 is 2.69 bits per heavy atom. The van der Waals surface area contributed by atoms with Gasteiger partial charge in [0.25, 0.3) is 0 Å². The van der Waals surface area contributed by atoms with Gasteiger partial charge in [0, 0.05) is 15.9 Å². The van der Waals surface area contributed by atoms with E-state index in [0.717, 1.165) is 11.1 Å². The van der Waals surface area contributed by atoms with Gasteiger partial charge >= 0.3 is 0 Å². The van der Waals surface area contributed by atoms with Crippen LogP contribution in [0.1, 0.15) is 12.5 Å². The monoisotopic (exact) mass is 234 g/mol. The molecule has 1 rings (SSSR count). The molecule has 0 nitrogen and oxygen atoms in total. The predicted molar refractivity (Wildman–Crippen MR) is 60.8 cm³/mol. The van der Waals surface area contributed by atoms with Crippen LogP contribution in [0.15, 0.2) is 24.3 Å². The topological polar surface area (TPSA) is 0 Å². The van der Waals surface area contributed by atoms with E-state index in [4.69, 9.17) is 34.8 Å². The van der Waals surface area contributed by atoms with Gasteiger partial charge in [-0.3, -0.25) is 0 Å². The van der Waals surface area contributed by atoms with Gasteiger partial charge in [0.05, 0.1) is 0 Å². The third-order valence-electron chi connectivity index (χ3n) is 1.74. The van der Waals surface area contributed by atoms with Gasteiger partial charge < -0.3 is 0 Å². The number of hydrogen-bond donors (Lipinski definition) is 0. The predicted octanol–water partition coefficient (Wildman–Crippen LogP) is 4.64. The summed E-state index contributed by atoms with van der Waals surface area (Å²) in [6.07, 6.45) is 1.90. The van der Waals surface area contributed by atoms with Crippen molar-refractivity contribution in [2.75, 3.05) is 5.88 Å². The molecule has 0 spiro atoms. The molecule has 0 unspecified atom stereocenters. The minimum Gasteiger partial charge on any atom is -0.122 e. The van der Waals surface area contributed by atoms with Gasteiger partial charge in [-0.15, -0.1) is 11.6 Å². The molecule has 0 radical (unpaired) electrons. The fourth-order valence-electron chi connectivity index (χ4n) is 1.03. The second-order valence-corrected chi connectivity index (χ2v) is 3.82. The number of rotatable bonds is 2. The van der Waals surface area contributed by atoms with Crippen molar-refractivity contribution in [1.29, 1.82) is 0 Å². The molecule has 0 bridgehead atoms. The van der Waals surface area contributed by atoms with Gasteiger partial charge in [-0.05, 0) is 36.3 Å². The van der Waals surface area contributed by atoms with Gasteiger partial charge in [0.2, 0.25) is 0 Å². The average molecular weight is 236 g/mol. The molecule has 1 aromatic carbocycles. The molecule has 0 N–H and O–H groups in total. The first-order chi connectivity index (χ1) is 6.15. The molecule has 0 amide bonds. The van der Waals surface area contributed by atoms with E-state index in [-0.39, 0.29) is 0 Å². The Morgan fingerprint density at radius 2 is 2.08 bits per heavy atom. The van der Waals surface area contributed by atoms with Crippen molar-refractivity contribution in [2.24, 2.45) is 0 Å². The lowest BCUT2D eigenvalue weighted by Gasteiger charge is -2.04. The standard InChI is InChI=1S/C10H9Cl3/c1-7(4-5-11)9-6-8(12)2-3-10(9)13/h2-4,6H,5H2,1H3. The lowest BCUT2D eigenvalue weighted by atomic mass is 10.1. The Kier molecular flexibility index (Phi) is 4.11. The van der Waals surface area contributed by atoms with E-state index in [9.17, 15) is 0 Å². The number of benzene rings is 1. The average Bonchev–Trinajstić information content (AvgIpc) is 2.09. The SMILES string of the molecule is CC(=CCCl)c1cc(Cl)ccc1Cl. The second kappa shape index (κ2) is 4.90. The Labute approximate surface area is 93.1 Å². The zero-order valence-corrected chi connectivity index (χ0v) is 9.42. The minimum absolute atomic E-state index is 0.481. The molecule has 1 aromatic rings. The fourth-order valence-corrected chi connectivity index (χ4v) is 1.70. The van der Waals surface area contributed by atoms with E-state index < -0.39 is 0 Å². The Hall–Kier alpha value is -0.170. The highest BCUT2D eigenvalue weighted by molar-refractivity contribution is 6.34. The van der Waals surface area contributed by atoms with Crippen molar-refractivity contribution in [2.45, 2.75) is 6.92 Å². The molecule has 0 saturated heterocycles. The second-order valence-electron chi connectivity index (χ2n) is 2.67. The minimum atomic E-state index is 0.481. The maximum absolute atomic E-state index is 5.98. The van der Waals surface area contributed by atoms with E-state index >= 15 is 0 Å². The first-order valence-electron chi connectivity index (χ1n) is 3.83. The van der Waals surface area contributed by atoms with Crippen molar-refractivity contribution < 1.29 is 0 Å². The highest BCUT2D eigenvalue weighted by Gasteiger charge is 2.02. The Balaban J connectivity index is 3.13. The van der Waals surface area contributed by atoms with E-state index in [0.29, 0.717) is 15.9 Å². The maximum Gasteiger partial charge on any atom is 0.0481 e. The third kappa shape index (κ3) is 2.91. The van der Waals surface area contributed by atoms with Gasteiger partial charge in [0.15, 0.2) is 0 Å². The molecule has 0 saturated carbocycles. The number of halogens is 3. The van der Waals surface area contributed by atoms with E-state index in [1.807, 2.05) is 19.1 Å². The number of alkyl halides is 1. The van der Waals surface area contributed by atoms with Crippen LogP contribution in [0.5, 0.6) is 0 Å². The summed E-state index contributed by atoms with van der Waals surface area (Å²) < 4.78 is 0. The molecule has 0 aromatic heterocycles. The quantitative estimate of drug-likeness (QED) is 0.655. The molecule has 70 valence electrons. The zero-order valence-electron chi connectivity index (χ0n) is 7.15. The number of allylic oxidation sites excluding steroid dienone is 2. The molecule has 0 fully saturated rings. The van der Waals surface area contributed by atoms with Crippen LogP contribution in [0.25, 0.3) is 5.57 Å². The molecule has 0 atom stereocenters. The lowest BCUT2D eigenvalue weighted by Crippen LogP contribution is -1.82. The maximum atomic E-state index is 5.98. The molecule has 0 aliphatic carbocycles. The molecule has 13 heavy (non-hydrogen) atoms. The van der Waals surface area contributed by atoms with Crippen LogP contribution in [0.3, 0.4) is 0 Å². The van der Waals surface area contributed by atoms with Crippen molar-refractivity contribution >= 4 is 40.4 Å². The van der Waals surface area contributed by atoms with Crippen molar-refractivity contribution in [1.82, 2.24) is 0 Å². The van der Waals surface area contributed by atoms with Gasteiger partial charge in [0.1, 0.15) is 0 Å². The van der Waals surface area contributed by atoms with Crippen molar-refractivity contribution in [3.8, 4) is 0 Å². The normalized spacial score (nSPS) is 11.8. The summed E-state index contributed by atoms with van der Waals surface area (Å²) >= 11 is 17.4. The van der Waals surface area contributed by atoms with Crippen LogP contribution >= 0.6 is 34.8 Å². The van der Waals surface area contributed by atoms with Gasteiger partial charge in [-0.1, -0.05) is 29.3 Å². The Bertz CT molecular complexity index is 329. The van der Waals surface area contributed by atoms with Crippen LogP contribution in [-0.4, -0.2) is 5.88 Å². The van der Waals surface area contributed by atoms with Crippen molar-refractivity contribution in [3.63, 3.8) is 0 Å². The van der Waals surface area contributed by atoms with E-state index in [1.54, 1.807) is 12.1 Å². The molecule has 3 heteroatoms. The largest absolute Gasteiger partial charge is 0.122 e. The van der Waals surface area contributed by atoms with E-state index in [1.165, 1.54) is 0 Å². The highest BCUT2D eigenvalue weighted by Crippen LogP contribution is 2.26. The lowest BCUT2D eigenvalue weighted by molar-refractivity contribution is 1.54. The summed E-state index contributed by atoms with van der Waals surface area (Å²) in [4.78, 5) is 0. The van der Waals surface area contributed by atoms with Crippen LogP contribution in [-0.2, 0) is 0 Å². The summed E-state index contributed by atoms with van der Waals surface area (Å²) in [7, 11) is 0.